The summed E-state index contributed by atoms with van der Waals surface area (Å²) < 4.78 is 29.6. The third-order valence-electron chi connectivity index (χ3n) is 5.70. The van der Waals surface area contributed by atoms with Crippen molar-refractivity contribution in [3.63, 3.8) is 0 Å². The summed E-state index contributed by atoms with van der Waals surface area (Å²) in [5.41, 5.74) is 4.49. The fourth-order valence-corrected chi connectivity index (χ4v) is 4.66. The third-order valence-corrected chi connectivity index (χ3v) is 6.65. The van der Waals surface area contributed by atoms with Crippen LogP contribution in [0.25, 0.3) is 11.3 Å². The number of rotatable bonds is 6. The van der Waals surface area contributed by atoms with Crippen LogP contribution in [-0.2, 0) is 24.3 Å². The summed E-state index contributed by atoms with van der Waals surface area (Å²) in [5.74, 6) is 0.506. The lowest BCUT2D eigenvalue weighted by Gasteiger charge is -2.28. The third kappa shape index (κ3) is 4.67. The van der Waals surface area contributed by atoms with E-state index in [0.29, 0.717) is 61.1 Å². The van der Waals surface area contributed by atoms with E-state index in [1.54, 1.807) is 28.6 Å². The number of nitrogens with zero attached hydrogens (tertiary/aromatic N) is 4. The van der Waals surface area contributed by atoms with Crippen molar-refractivity contribution >= 4 is 40.4 Å². The van der Waals surface area contributed by atoms with E-state index in [1.165, 1.54) is 35.6 Å². The van der Waals surface area contributed by atoms with E-state index in [9.17, 15) is 13.6 Å². The van der Waals surface area contributed by atoms with Crippen LogP contribution in [0.5, 0.6) is 0 Å². The maximum atomic E-state index is 14.0. The SMILES string of the molecule is O=C(CCc1cscn1)N1CCn2c(nc(-c3ccc(F)cc3)c2Nc2ccc(Cl)c(F)c2)C1. The number of aromatic nitrogens is 3. The molecular formula is C24H20ClF2N5OS. The lowest BCUT2D eigenvalue weighted by atomic mass is 10.1. The zero-order valence-corrected chi connectivity index (χ0v) is 19.5. The monoisotopic (exact) mass is 499 g/mol. The van der Waals surface area contributed by atoms with Gasteiger partial charge in [-0.25, -0.2) is 18.7 Å². The van der Waals surface area contributed by atoms with Gasteiger partial charge in [0.25, 0.3) is 0 Å². The number of benzene rings is 2. The van der Waals surface area contributed by atoms with E-state index in [4.69, 9.17) is 16.6 Å². The van der Waals surface area contributed by atoms with Gasteiger partial charge in [-0.1, -0.05) is 11.6 Å². The van der Waals surface area contributed by atoms with Crippen molar-refractivity contribution in [1.82, 2.24) is 19.4 Å². The molecule has 174 valence electrons. The van der Waals surface area contributed by atoms with Crippen LogP contribution in [0.3, 0.4) is 0 Å². The predicted octanol–water partition coefficient (Wildman–Crippen LogP) is 5.66. The Morgan fingerprint density at radius 3 is 2.71 bits per heavy atom. The highest BCUT2D eigenvalue weighted by Gasteiger charge is 2.27. The Balaban J connectivity index is 1.43. The molecular weight excluding hydrogens is 480 g/mol. The van der Waals surface area contributed by atoms with Crippen LogP contribution in [0.15, 0.2) is 53.4 Å². The van der Waals surface area contributed by atoms with E-state index in [1.807, 2.05) is 9.95 Å². The zero-order valence-electron chi connectivity index (χ0n) is 18.0. The lowest BCUT2D eigenvalue weighted by Crippen LogP contribution is -2.38. The van der Waals surface area contributed by atoms with Gasteiger partial charge in [-0.2, -0.15) is 0 Å². The fourth-order valence-electron chi connectivity index (χ4n) is 3.94. The highest BCUT2D eigenvalue weighted by Crippen LogP contribution is 2.34. The van der Waals surface area contributed by atoms with Gasteiger partial charge in [0.1, 0.15) is 29.0 Å². The number of halogens is 3. The largest absolute Gasteiger partial charge is 0.340 e. The molecule has 0 fully saturated rings. The van der Waals surface area contributed by atoms with Crippen molar-refractivity contribution in [3.05, 3.63) is 81.5 Å². The number of fused-ring (bicyclic) bond motifs is 1. The van der Waals surface area contributed by atoms with Gasteiger partial charge in [0, 0.05) is 36.1 Å². The van der Waals surface area contributed by atoms with E-state index < -0.39 is 5.82 Å². The molecule has 34 heavy (non-hydrogen) atoms. The Morgan fingerprint density at radius 2 is 1.97 bits per heavy atom. The zero-order chi connectivity index (χ0) is 23.7. The minimum atomic E-state index is -0.537. The van der Waals surface area contributed by atoms with Crippen LogP contribution < -0.4 is 5.32 Å². The second-order valence-corrected chi connectivity index (χ2v) is 9.06. The Hall–Kier alpha value is -3.30. The number of anilines is 2. The summed E-state index contributed by atoms with van der Waals surface area (Å²) in [5, 5.41) is 5.23. The standard InChI is InChI=1S/C24H20ClF2N5OS/c25-19-7-5-17(11-20(19)27)29-24-23(15-1-3-16(26)4-2-15)30-21-12-31(9-10-32(21)24)22(33)8-6-18-13-34-14-28-18/h1-5,7,11,13-14,29H,6,8-10,12H2. The normalized spacial score (nSPS) is 13.1. The number of hydrogen-bond acceptors (Lipinski definition) is 5. The average Bonchev–Trinajstić information content (AvgIpc) is 3.48. The number of hydrogen-bond donors (Lipinski definition) is 1. The Kier molecular flexibility index (Phi) is 6.30. The first-order chi connectivity index (χ1) is 16.5. The lowest BCUT2D eigenvalue weighted by molar-refractivity contribution is -0.132. The second kappa shape index (κ2) is 9.52. The number of amides is 1. The van der Waals surface area contributed by atoms with Crippen LogP contribution >= 0.6 is 22.9 Å². The molecule has 0 atom stereocenters. The van der Waals surface area contributed by atoms with Gasteiger partial charge in [-0.05, 0) is 48.9 Å². The van der Waals surface area contributed by atoms with Gasteiger partial charge in [0.15, 0.2) is 0 Å². The van der Waals surface area contributed by atoms with Crippen molar-refractivity contribution in [3.8, 4) is 11.3 Å². The molecule has 1 aliphatic heterocycles. The van der Waals surface area contributed by atoms with Crippen LogP contribution in [-0.4, -0.2) is 31.9 Å². The Labute approximate surface area is 203 Å². The molecule has 2 aromatic heterocycles. The second-order valence-electron chi connectivity index (χ2n) is 7.93. The maximum Gasteiger partial charge on any atom is 0.223 e. The molecule has 1 amide bonds. The van der Waals surface area contributed by atoms with Crippen LogP contribution in [0.1, 0.15) is 17.9 Å². The molecule has 6 nitrogen and oxygen atoms in total. The van der Waals surface area contributed by atoms with Crippen LogP contribution in [0.4, 0.5) is 20.3 Å². The molecule has 0 aliphatic carbocycles. The maximum absolute atomic E-state index is 14.0. The van der Waals surface area contributed by atoms with E-state index in [-0.39, 0.29) is 16.7 Å². The van der Waals surface area contributed by atoms with Gasteiger partial charge in [0.05, 0.1) is 22.8 Å². The molecule has 1 N–H and O–H groups in total. The number of aryl methyl sites for hydroxylation is 1. The van der Waals surface area contributed by atoms with E-state index in [2.05, 4.69) is 10.3 Å². The number of nitrogens with one attached hydrogen (secondary N) is 1. The topological polar surface area (TPSA) is 63.1 Å². The fraction of sp³-hybridized carbons (Fsp3) is 0.208. The van der Waals surface area contributed by atoms with Crippen molar-refractivity contribution in [1.29, 1.82) is 0 Å². The summed E-state index contributed by atoms with van der Waals surface area (Å²) in [7, 11) is 0. The number of thiazole rings is 1. The summed E-state index contributed by atoms with van der Waals surface area (Å²) in [6.45, 7) is 1.39. The number of imidazole rings is 1. The van der Waals surface area contributed by atoms with Crippen molar-refractivity contribution in [2.24, 2.45) is 0 Å². The first-order valence-corrected chi connectivity index (χ1v) is 12.0. The molecule has 0 bridgehead atoms. The molecule has 3 heterocycles. The van der Waals surface area contributed by atoms with Gasteiger partial charge in [0.2, 0.25) is 5.91 Å². The molecule has 5 rings (SSSR count). The average molecular weight is 500 g/mol. The molecule has 0 saturated heterocycles. The van der Waals surface area contributed by atoms with Crippen LogP contribution in [0.2, 0.25) is 5.02 Å². The van der Waals surface area contributed by atoms with Crippen molar-refractivity contribution in [2.75, 3.05) is 11.9 Å². The summed E-state index contributed by atoms with van der Waals surface area (Å²) in [6, 6.07) is 10.5. The molecule has 4 aromatic rings. The molecule has 0 radical (unpaired) electrons. The van der Waals surface area contributed by atoms with Crippen molar-refractivity contribution < 1.29 is 13.6 Å². The summed E-state index contributed by atoms with van der Waals surface area (Å²) >= 11 is 7.34. The molecule has 1 aliphatic rings. The predicted molar refractivity (Wildman–Crippen MR) is 128 cm³/mol. The van der Waals surface area contributed by atoms with Crippen LogP contribution in [0, 0.1) is 11.6 Å². The van der Waals surface area contributed by atoms with Gasteiger partial charge < -0.3 is 14.8 Å². The quantitative estimate of drug-likeness (QED) is 0.372. The van der Waals surface area contributed by atoms with Gasteiger partial charge in [-0.15, -0.1) is 11.3 Å². The molecule has 0 spiro atoms. The number of carbonyl (C=O) groups excluding carboxylic acids is 1. The summed E-state index contributed by atoms with van der Waals surface area (Å²) in [6.07, 6.45) is 0.980. The smallest absolute Gasteiger partial charge is 0.223 e. The minimum Gasteiger partial charge on any atom is -0.340 e. The first-order valence-electron chi connectivity index (χ1n) is 10.7. The van der Waals surface area contributed by atoms with Crippen molar-refractivity contribution in [2.45, 2.75) is 25.9 Å². The number of carbonyl (C=O) groups is 1. The highest BCUT2D eigenvalue weighted by molar-refractivity contribution is 7.07. The van der Waals surface area contributed by atoms with Gasteiger partial charge in [-0.3, -0.25) is 4.79 Å². The van der Waals surface area contributed by atoms with E-state index in [0.717, 1.165) is 5.69 Å². The summed E-state index contributed by atoms with van der Waals surface area (Å²) in [4.78, 5) is 23.6. The first kappa shape index (κ1) is 22.5. The van der Waals surface area contributed by atoms with E-state index >= 15 is 0 Å². The Morgan fingerprint density at radius 1 is 1.15 bits per heavy atom. The Bertz CT molecular complexity index is 1320. The highest BCUT2D eigenvalue weighted by atomic mass is 35.5. The minimum absolute atomic E-state index is 0.0337. The molecule has 0 unspecified atom stereocenters. The molecule has 2 aromatic carbocycles. The van der Waals surface area contributed by atoms with Gasteiger partial charge >= 0.3 is 0 Å². The molecule has 0 saturated carbocycles. The molecule has 10 heteroatoms.